The maximum atomic E-state index is 15.9. The van der Waals surface area contributed by atoms with Crippen molar-refractivity contribution in [2.75, 3.05) is 0 Å². The molecular weight excluding hydrogens is 543 g/mol. The summed E-state index contributed by atoms with van der Waals surface area (Å²) >= 11 is 0. The van der Waals surface area contributed by atoms with Gasteiger partial charge in [0.05, 0.1) is 16.7 Å². The minimum Gasteiger partial charge on any atom is -0.306 e. The van der Waals surface area contributed by atoms with Crippen LogP contribution in [0.4, 0.5) is 4.39 Å². The van der Waals surface area contributed by atoms with Gasteiger partial charge >= 0.3 is 0 Å². The number of hydrogen-bond donors (Lipinski definition) is 0. The van der Waals surface area contributed by atoms with Crippen LogP contribution in [0.3, 0.4) is 0 Å². The van der Waals surface area contributed by atoms with Gasteiger partial charge in [0.25, 0.3) is 0 Å². The van der Waals surface area contributed by atoms with Crippen LogP contribution in [0.2, 0.25) is 0 Å². The number of halogens is 1. The highest BCUT2D eigenvalue weighted by Gasteiger charge is 2.16. The maximum Gasteiger partial charge on any atom is 0.164 e. The van der Waals surface area contributed by atoms with E-state index in [1.807, 2.05) is 138 Å². The van der Waals surface area contributed by atoms with Gasteiger partial charge in [-0.05, 0) is 35.4 Å². The van der Waals surface area contributed by atoms with E-state index < -0.39 is 0 Å². The first kappa shape index (κ1) is 25.7. The second-order valence-electron chi connectivity index (χ2n) is 10.7. The molecule has 6 aromatic carbocycles. The molecule has 0 aliphatic rings. The lowest BCUT2D eigenvalue weighted by atomic mass is 10.0. The third-order valence-electron chi connectivity index (χ3n) is 7.94. The van der Waals surface area contributed by atoms with E-state index in [0.717, 1.165) is 49.6 Å². The molecular formula is C39H25FN4. The van der Waals surface area contributed by atoms with E-state index >= 15 is 4.39 Å². The zero-order valence-corrected chi connectivity index (χ0v) is 23.6. The fourth-order valence-corrected chi connectivity index (χ4v) is 5.80. The molecule has 0 atom stereocenters. The van der Waals surface area contributed by atoms with E-state index in [1.165, 1.54) is 0 Å². The van der Waals surface area contributed by atoms with Crippen LogP contribution in [0, 0.1) is 5.82 Å². The average Bonchev–Trinajstić information content (AvgIpc) is 3.43. The van der Waals surface area contributed by atoms with E-state index in [9.17, 15) is 0 Å². The Labute approximate surface area is 253 Å². The van der Waals surface area contributed by atoms with Crippen molar-refractivity contribution in [2.45, 2.75) is 0 Å². The number of nitrogens with zero attached hydrogens (tertiary/aromatic N) is 4. The van der Waals surface area contributed by atoms with E-state index in [2.05, 4.69) is 12.1 Å². The van der Waals surface area contributed by atoms with Gasteiger partial charge in [0, 0.05) is 27.5 Å². The topological polar surface area (TPSA) is 43.6 Å². The molecule has 8 rings (SSSR count). The molecule has 5 heteroatoms. The van der Waals surface area contributed by atoms with Gasteiger partial charge in [-0.1, -0.05) is 127 Å². The molecule has 44 heavy (non-hydrogen) atoms. The van der Waals surface area contributed by atoms with Crippen molar-refractivity contribution in [3.63, 3.8) is 0 Å². The summed E-state index contributed by atoms with van der Waals surface area (Å²) < 4.78 is 17.9. The number of hydrogen-bond acceptors (Lipinski definition) is 3. The number of benzene rings is 6. The van der Waals surface area contributed by atoms with Gasteiger partial charge in [-0.25, -0.2) is 19.3 Å². The van der Waals surface area contributed by atoms with E-state index in [0.29, 0.717) is 23.2 Å². The Bertz CT molecular complexity index is 2160. The van der Waals surface area contributed by atoms with Gasteiger partial charge in [-0.3, -0.25) is 0 Å². The maximum absolute atomic E-state index is 15.9. The number of aromatic nitrogens is 4. The van der Waals surface area contributed by atoms with Gasteiger partial charge in [0.1, 0.15) is 5.82 Å². The number of rotatable bonds is 5. The summed E-state index contributed by atoms with van der Waals surface area (Å²) in [5.74, 6) is 1.52. The van der Waals surface area contributed by atoms with Crippen LogP contribution in [0.15, 0.2) is 152 Å². The molecule has 0 aliphatic heterocycles. The monoisotopic (exact) mass is 568 g/mol. The molecule has 0 saturated heterocycles. The molecule has 0 unspecified atom stereocenters. The molecule has 0 amide bonds. The molecule has 0 spiro atoms. The van der Waals surface area contributed by atoms with Crippen LogP contribution in [0.25, 0.3) is 72.8 Å². The predicted octanol–water partition coefficient (Wildman–Crippen LogP) is 9.78. The third-order valence-corrected chi connectivity index (χ3v) is 7.94. The molecule has 2 aromatic heterocycles. The molecule has 8 aromatic rings. The number of fused-ring (bicyclic) bond motifs is 3. The molecule has 0 fully saturated rings. The fourth-order valence-electron chi connectivity index (χ4n) is 5.80. The van der Waals surface area contributed by atoms with Crippen LogP contribution >= 0.6 is 0 Å². The van der Waals surface area contributed by atoms with Gasteiger partial charge in [-0.2, -0.15) is 0 Å². The van der Waals surface area contributed by atoms with Crippen molar-refractivity contribution in [3.8, 4) is 51.0 Å². The van der Waals surface area contributed by atoms with E-state index in [1.54, 1.807) is 6.07 Å². The summed E-state index contributed by atoms with van der Waals surface area (Å²) in [4.78, 5) is 14.4. The lowest BCUT2D eigenvalue weighted by molar-refractivity contribution is 0.621. The third kappa shape index (κ3) is 4.52. The molecule has 0 aliphatic carbocycles. The van der Waals surface area contributed by atoms with Crippen molar-refractivity contribution >= 4 is 21.8 Å². The van der Waals surface area contributed by atoms with Gasteiger partial charge in [-0.15, -0.1) is 0 Å². The van der Waals surface area contributed by atoms with E-state index in [4.69, 9.17) is 15.0 Å². The van der Waals surface area contributed by atoms with Gasteiger partial charge < -0.3 is 4.57 Å². The quantitative estimate of drug-likeness (QED) is 0.208. The summed E-state index contributed by atoms with van der Waals surface area (Å²) in [6.45, 7) is 0. The smallest absolute Gasteiger partial charge is 0.164 e. The summed E-state index contributed by atoms with van der Waals surface area (Å²) in [6.07, 6.45) is 0. The van der Waals surface area contributed by atoms with Crippen LogP contribution in [-0.2, 0) is 0 Å². The first-order valence-corrected chi connectivity index (χ1v) is 14.5. The largest absolute Gasteiger partial charge is 0.306 e. The Morgan fingerprint density at radius 3 is 1.30 bits per heavy atom. The number of para-hydroxylation sites is 2. The second-order valence-corrected chi connectivity index (χ2v) is 10.7. The summed E-state index contributed by atoms with van der Waals surface area (Å²) in [5.41, 5.74) is 6.88. The van der Waals surface area contributed by atoms with Crippen molar-refractivity contribution < 1.29 is 4.39 Å². The average molecular weight is 569 g/mol. The normalized spacial score (nSPS) is 11.3. The Morgan fingerprint density at radius 1 is 0.386 bits per heavy atom. The standard InChI is InChI=1S/C39H25FN4/c40-33-25-30(23-24-36(33)44-34-17-9-7-15-31(34)32-16-8-10-18-35(32)44)26-19-21-29(22-20-26)39-42-37(27-11-3-1-4-12-27)41-38(43-39)28-13-5-2-6-14-28/h1-25H. The Morgan fingerprint density at radius 2 is 0.795 bits per heavy atom. The molecule has 4 nitrogen and oxygen atoms in total. The predicted molar refractivity (Wildman–Crippen MR) is 176 cm³/mol. The molecule has 0 saturated carbocycles. The lowest BCUT2D eigenvalue weighted by Gasteiger charge is -2.11. The highest BCUT2D eigenvalue weighted by Crippen LogP contribution is 2.34. The molecule has 2 heterocycles. The van der Waals surface area contributed by atoms with Gasteiger partial charge in [0.2, 0.25) is 0 Å². The Balaban J connectivity index is 1.17. The van der Waals surface area contributed by atoms with Crippen LogP contribution in [0.5, 0.6) is 0 Å². The van der Waals surface area contributed by atoms with Crippen LogP contribution < -0.4 is 0 Å². The van der Waals surface area contributed by atoms with Crippen LogP contribution in [-0.4, -0.2) is 19.5 Å². The van der Waals surface area contributed by atoms with Crippen molar-refractivity contribution in [3.05, 3.63) is 157 Å². The van der Waals surface area contributed by atoms with Crippen molar-refractivity contribution in [1.82, 2.24) is 19.5 Å². The highest BCUT2D eigenvalue weighted by molar-refractivity contribution is 6.09. The first-order valence-electron chi connectivity index (χ1n) is 14.5. The highest BCUT2D eigenvalue weighted by atomic mass is 19.1. The van der Waals surface area contributed by atoms with Crippen molar-refractivity contribution in [2.24, 2.45) is 0 Å². The second kappa shape index (κ2) is 10.7. The summed E-state index contributed by atoms with van der Waals surface area (Å²) in [7, 11) is 0. The van der Waals surface area contributed by atoms with Crippen molar-refractivity contribution in [1.29, 1.82) is 0 Å². The van der Waals surface area contributed by atoms with Gasteiger partial charge in [0.15, 0.2) is 17.5 Å². The molecule has 0 N–H and O–H groups in total. The summed E-state index contributed by atoms with van der Waals surface area (Å²) in [5, 5.41) is 2.21. The molecule has 0 bridgehead atoms. The minimum atomic E-state index is -0.282. The van der Waals surface area contributed by atoms with E-state index in [-0.39, 0.29) is 5.82 Å². The molecule has 0 radical (unpaired) electrons. The zero-order valence-electron chi connectivity index (χ0n) is 23.6. The first-order chi connectivity index (χ1) is 21.7. The SMILES string of the molecule is Fc1cc(-c2ccc(-c3nc(-c4ccccc4)nc(-c4ccccc4)n3)cc2)ccc1-n1c2ccccc2c2ccccc21. The zero-order chi connectivity index (χ0) is 29.5. The molecule has 208 valence electrons. The Kier molecular flexibility index (Phi) is 6.27. The van der Waals surface area contributed by atoms with Crippen LogP contribution in [0.1, 0.15) is 0 Å². The Hall–Kier alpha value is -5.94. The summed E-state index contributed by atoms with van der Waals surface area (Å²) in [6, 6.07) is 49.4. The fraction of sp³-hybridized carbons (Fsp3) is 0. The minimum absolute atomic E-state index is 0.282. The lowest BCUT2D eigenvalue weighted by Crippen LogP contribution is -2.00.